The second kappa shape index (κ2) is 7.35. The molecule has 9 heteroatoms. The molecule has 0 radical (unpaired) electrons. The number of nitrogens with one attached hydrogen (secondary N) is 1. The fraction of sp³-hybridized carbons (Fsp3) is 0.481. The first-order valence-corrected chi connectivity index (χ1v) is 13.0. The van der Waals surface area contributed by atoms with E-state index >= 15 is 0 Å². The lowest BCUT2D eigenvalue weighted by molar-refractivity contribution is -0.209. The molecule has 184 valence electrons. The Balaban J connectivity index is 0.930. The van der Waals surface area contributed by atoms with Gasteiger partial charge in [0.05, 0.1) is 30.3 Å². The summed E-state index contributed by atoms with van der Waals surface area (Å²) in [6.45, 7) is 4.53. The summed E-state index contributed by atoms with van der Waals surface area (Å²) in [4.78, 5) is 11.7. The molecule has 2 bridgehead atoms. The number of anilines is 1. The van der Waals surface area contributed by atoms with Crippen LogP contribution in [0.5, 0.6) is 0 Å². The van der Waals surface area contributed by atoms with E-state index in [0.29, 0.717) is 6.54 Å². The summed E-state index contributed by atoms with van der Waals surface area (Å²) in [7, 11) is 0. The minimum Gasteiger partial charge on any atom is -0.370 e. The molecule has 2 unspecified atom stereocenters. The van der Waals surface area contributed by atoms with E-state index in [0.717, 1.165) is 79.9 Å². The largest absolute Gasteiger partial charge is 0.370 e. The standard InChI is InChI=1S/C27H29FN8/c28-27-14-26(15-27,16-27)17-30-5-18-1-2-25-31-22(11-35(25)8-18)12-36-13-24(32-33-36)19-4-23(7-29-6-19)34-9-20-3-21(20)10-34/h1-2,4,6-8,11,13,20-21,30H,3,5,9-10,12,14-17H2. The molecule has 2 atom stereocenters. The van der Waals surface area contributed by atoms with Crippen LogP contribution in [-0.4, -0.2) is 54.7 Å². The topological polar surface area (TPSA) is 76.2 Å². The zero-order valence-corrected chi connectivity index (χ0v) is 20.1. The van der Waals surface area contributed by atoms with Crippen LogP contribution in [0.25, 0.3) is 16.9 Å². The van der Waals surface area contributed by atoms with Gasteiger partial charge in [0.1, 0.15) is 17.0 Å². The first-order chi connectivity index (χ1) is 17.5. The lowest BCUT2D eigenvalue weighted by Crippen LogP contribution is -2.67. The van der Waals surface area contributed by atoms with E-state index in [9.17, 15) is 4.39 Å². The molecule has 36 heavy (non-hydrogen) atoms. The van der Waals surface area contributed by atoms with E-state index in [1.807, 2.05) is 29.3 Å². The van der Waals surface area contributed by atoms with E-state index in [-0.39, 0.29) is 5.41 Å². The van der Waals surface area contributed by atoms with Crippen molar-refractivity contribution in [2.45, 2.75) is 44.4 Å². The zero-order chi connectivity index (χ0) is 23.9. The predicted molar refractivity (Wildman–Crippen MR) is 133 cm³/mol. The van der Waals surface area contributed by atoms with Crippen LogP contribution in [0.3, 0.4) is 0 Å². The highest BCUT2D eigenvalue weighted by molar-refractivity contribution is 5.63. The lowest BCUT2D eigenvalue weighted by atomic mass is 9.42. The van der Waals surface area contributed by atoms with Crippen molar-refractivity contribution in [1.82, 2.24) is 34.7 Å². The van der Waals surface area contributed by atoms with Gasteiger partial charge in [0.25, 0.3) is 0 Å². The van der Waals surface area contributed by atoms with Gasteiger partial charge in [0, 0.05) is 50.3 Å². The van der Waals surface area contributed by atoms with Gasteiger partial charge in [-0.1, -0.05) is 11.3 Å². The van der Waals surface area contributed by atoms with Gasteiger partial charge < -0.3 is 14.6 Å². The van der Waals surface area contributed by atoms with E-state index in [2.05, 4.69) is 54.4 Å². The number of imidazole rings is 1. The fourth-order valence-corrected chi connectivity index (χ4v) is 6.82. The minimum absolute atomic E-state index is 0.226. The summed E-state index contributed by atoms with van der Waals surface area (Å²) in [6, 6.07) is 6.33. The average Bonchev–Trinajstić information content (AvgIpc) is 3.21. The van der Waals surface area contributed by atoms with Crippen LogP contribution >= 0.6 is 0 Å². The highest BCUT2D eigenvalue weighted by Crippen LogP contribution is 2.69. The first kappa shape index (κ1) is 20.8. The Kier molecular flexibility index (Phi) is 4.25. The van der Waals surface area contributed by atoms with Crippen molar-refractivity contribution in [1.29, 1.82) is 0 Å². The third kappa shape index (κ3) is 3.51. The van der Waals surface area contributed by atoms with Crippen molar-refractivity contribution in [2.24, 2.45) is 17.3 Å². The van der Waals surface area contributed by atoms with Crippen LogP contribution < -0.4 is 10.2 Å². The Labute approximate surface area is 208 Å². The number of halogens is 1. The van der Waals surface area contributed by atoms with Gasteiger partial charge >= 0.3 is 0 Å². The van der Waals surface area contributed by atoms with Crippen LogP contribution in [0, 0.1) is 17.3 Å². The van der Waals surface area contributed by atoms with Crippen molar-refractivity contribution in [2.75, 3.05) is 24.5 Å². The molecule has 4 saturated carbocycles. The molecular weight excluding hydrogens is 455 g/mol. The van der Waals surface area contributed by atoms with Crippen LogP contribution in [0.15, 0.2) is 49.2 Å². The molecule has 1 N–H and O–H groups in total. The highest BCUT2D eigenvalue weighted by atomic mass is 19.1. The summed E-state index contributed by atoms with van der Waals surface area (Å²) >= 11 is 0. The number of aromatic nitrogens is 6. The normalized spacial score (nSPS) is 29.8. The molecule has 5 heterocycles. The molecule has 4 aromatic heterocycles. The Morgan fingerprint density at radius 2 is 1.92 bits per heavy atom. The van der Waals surface area contributed by atoms with Crippen molar-refractivity contribution in [3.05, 3.63) is 60.4 Å². The number of piperidine rings is 1. The molecule has 8 nitrogen and oxygen atoms in total. The van der Waals surface area contributed by atoms with Crippen molar-refractivity contribution < 1.29 is 4.39 Å². The number of hydrogen-bond donors (Lipinski definition) is 1. The third-order valence-corrected chi connectivity index (χ3v) is 8.69. The summed E-state index contributed by atoms with van der Waals surface area (Å²) in [5.41, 5.74) is 5.43. The molecule has 0 amide bonds. The number of nitrogens with zero attached hydrogens (tertiary/aromatic N) is 7. The molecular formula is C27H29FN8. The monoisotopic (exact) mass is 484 g/mol. The zero-order valence-electron chi connectivity index (χ0n) is 20.1. The summed E-state index contributed by atoms with van der Waals surface area (Å²) in [6.07, 6.45) is 13.5. The molecule has 9 rings (SSSR count). The maximum atomic E-state index is 13.7. The van der Waals surface area contributed by atoms with E-state index < -0.39 is 5.67 Å². The van der Waals surface area contributed by atoms with Crippen LogP contribution in [0.1, 0.15) is 36.9 Å². The molecule has 0 spiro atoms. The molecule has 1 saturated heterocycles. The molecule has 1 aliphatic heterocycles. The second-order valence-corrected chi connectivity index (χ2v) is 11.7. The maximum Gasteiger partial charge on any atom is 0.137 e. The van der Waals surface area contributed by atoms with Gasteiger partial charge in [-0.05, 0) is 60.6 Å². The summed E-state index contributed by atoms with van der Waals surface area (Å²) in [5.74, 6) is 1.77. The van der Waals surface area contributed by atoms with E-state index in [4.69, 9.17) is 4.98 Å². The molecule has 5 aliphatic rings. The smallest absolute Gasteiger partial charge is 0.137 e. The predicted octanol–water partition coefficient (Wildman–Crippen LogP) is 3.47. The third-order valence-electron chi connectivity index (χ3n) is 8.69. The van der Waals surface area contributed by atoms with Crippen LogP contribution in [0.4, 0.5) is 10.1 Å². The molecule has 4 aliphatic carbocycles. The Morgan fingerprint density at radius 3 is 2.75 bits per heavy atom. The Bertz CT molecular complexity index is 1440. The number of pyridine rings is 2. The van der Waals surface area contributed by atoms with Gasteiger partial charge in [-0.25, -0.2) is 14.1 Å². The number of rotatable bonds is 8. The van der Waals surface area contributed by atoms with Crippen molar-refractivity contribution in [3.8, 4) is 11.3 Å². The van der Waals surface area contributed by atoms with Gasteiger partial charge in [0.15, 0.2) is 0 Å². The Morgan fingerprint density at radius 1 is 1.06 bits per heavy atom. The van der Waals surface area contributed by atoms with Gasteiger partial charge in [0.2, 0.25) is 0 Å². The van der Waals surface area contributed by atoms with E-state index in [1.165, 1.54) is 17.7 Å². The molecule has 0 aromatic carbocycles. The van der Waals surface area contributed by atoms with Gasteiger partial charge in [-0.2, -0.15) is 0 Å². The van der Waals surface area contributed by atoms with Crippen LogP contribution in [-0.2, 0) is 13.1 Å². The van der Waals surface area contributed by atoms with Gasteiger partial charge in [-0.15, -0.1) is 5.10 Å². The number of hydrogen-bond acceptors (Lipinski definition) is 6. The number of fused-ring (bicyclic) bond motifs is 2. The summed E-state index contributed by atoms with van der Waals surface area (Å²) in [5, 5.41) is 12.3. The highest BCUT2D eigenvalue weighted by Gasteiger charge is 2.68. The SMILES string of the molecule is FC12CC(CNCc3ccc4nc(Cn5cc(-c6cncc(N7CC8CC8C7)c6)nn5)cn4c3)(C1)C2. The quantitative estimate of drug-likeness (QED) is 0.413. The van der Waals surface area contributed by atoms with E-state index in [1.54, 1.807) is 0 Å². The number of alkyl halides is 1. The van der Waals surface area contributed by atoms with Gasteiger partial charge in [-0.3, -0.25) is 4.98 Å². The average molecular weight is 485 g/mol. The van der Waals surface area contributed by atoms with Crippen molar-refractivity contribution >= 4 is 11.3 Å². The lowest BCUT2D eigenvalue weighted by Gasteiger charge is -2.66. The fourth-order valence-electron chi connectivity index (χ4n) is 6.82. The van der Waals surface area contributed by atoms with Crippen molar-refractivity contribution in [3.63, 3.8) is 0 Å². The minimum atomic E-state index is -0.826. The molecule has 5 fully saturated rings. The van der Waals surface area contributed by atoms with Crippen LogP contribution in [0.2, 0.25) is 0 Å². The second-order valence-electron chi connectivity index (χ2n) is 11.7. The Hall–Kier alpha value is -3.33. The molecule has 4 aromatic rings. The maximum absolute atomic E-state index is 13.7. The summed E-state index contributed by atoms with van der Waals surface area (Å²) < 4.78 is 17.6. The first-order valence-electron chi connectivity index (χ1n) is 13.0.